The van der Waals surface area contributed by atoms with Gasteiger partial charge in [0.15, 0.2) is 0 Å². The fourth-order valence-corrected chi connectivity index (χ4v) is 6.04. The van der Waals surface area contributed by atoms with E-state index in [0.29, 0.717) is 0 Å². The summed E-state index contributed by atoms with van der Waals surface area (Å²) in [6, 6.07) is 0. The third kappa shape index (κ3) is 11.2. The molecule has 1 aliphatic heterocycles. The average molecular weight is 566 g/mol. The summed E-state index contributed by atoms with van der Waals surface area (Å²) in [5.41, 5.74) is -2.05. The zero-order valence-corrected chi connectivity index (χ0v) is 26.2. The Morgan fingerprint density at radius 2 is 1.66 bits per heavy atom. The molecule has 0 radical (unpaired) electrons. The van der Waals surface area contributed by atoms with Crippen molar-refractivity contribution in [2.75, 3.05) is 6.61 Å². The van der Waals surface area contributed by atoms with E-state index in [4.69, 9.17) is 9.63 Å². The fraction of sp³-hybridized carbons (Fsp3) is 0.556. The van der Waals surface area contributed by atoms with Crippen LogP contribution in [0.15, 0.2) is 15.8 Å². The van der Waals surface area contributed by atoms with Gasteiger partial charge in [-0.05, 0) is 0 Å². The minimum absolute atomic E-state index is 0. The van der Waals surface area contributed by atoms with Crippen molar-refractivity contribution in [2.24, 2.45) is 0 Å². The zero-order chi connectivity index (χ0) is 22.2. The number of rotatable bonds is 8. The average Bonchev–Trinajstić information content (AvgIpc) is 2.78. The zero-order valence-electron chi connectivity index (χ0n) is 16.7. The first kappa shape index (κ1) is 36.5. The molecule has 1 aromatic rings. The minimum Gasteiger partial charge on any atom is -0.779 e. The Kier molecular flexibility index (Phi) is 16.4. The van der Waals surface area contributed by atoms with E-state index in [-0.39, 0.29) is 94.2 Å². The van der Waals surface area contributed by atoms with Crippen molar-refractivity contribution >= 4 is 34.2 Å². The summed E-state index contributed by atoms with van der Waals surface area (Å²) < 4.78 is 38.3. The van der Waals surface area contributed by atoms with Crippen molar-refractivity contribution in [3.05, 3.63) is 32.6 Å². The number of aromatic nitrogens is 2. The van der Waals surface area contributed by atoms with Gasteiger partial charge in [0.2, 0.25) is 0 Å². The molecule has 2 rings (SSSR count). The van der Waals surface area contributed by atoms with Gasteiger partial charge < -0.3 is 44.0 Å². The van der Waals surface area contributed by atoms with E-state index < -0.39 is 64.6 Å². The van der Waals surface area contributed by atoms with Crippen molar-refractivity contribution < 1.29 is 145 Å². The van der Waals surface area contributed by atoms with Crippen LogP contribution < -0.4 is 115 Å². The van der Waals surface area contributed by atoms with E-state index in [9.17, 15) is 43.6 Å². The number of phosphoric acid groups is 2. The normalized spacial score (nSPS) is 28.1. The van der Waals surface area contributed by atoms with Crippen molar-refractivity contribution in [2.45, 2.75) is 24.4 Å². The van der Waals surface area contributed by atoms with E-state index in [1.165, 1.54) is 0 Å². The van der Waals surface area contributed by atoms with Crippen LogP contribution in [0.4, 0.5) is 0 Å². The molecule has 32 heavy (non-hydrogen) atoms. The second-order valence-electron chi connectivity index (χ2n) is 5.43. The molecule has 7 atom stereocenters. The number of hydrogen-bond acceptors (Lipinski definition) is 14. The van der Waals surface area contributed by atoms with Crippen LogP contribution in [0.25, 0.3) is 0 Å². The van der Waals surface area contributed by atoms with E-state index in [1.54, 1.807) is 0 Å². The number of nitrogens with one attached hydrogen (secondary N) is 2. The van der Waals surface area contributed by atoms with Gasteiger partial charge in [-0.1, -0.05) is 11.8 Å². The Bertz CT molecular complexity index is 1020. The Morgan fingerprint density at radius 1 is 1.09 bits per heavy atom. The molecule has 2 heterocycles. The van der Waals surface area contributed by atoms with Gasteiger partial charge in [-0.15, -0.1) is 0 Å². The van der Waals surface area contributed by atoms with Gasteiger partial charge in [0.05, 0.1) is 12.2 Å². The van der Waals surface area contributed by atoms with Crippen LogP contribution in [0.5, 0.6) is 0 Å². The van der Waals surface area contributed by atoms with Gasteiger partial charge in [-0.2, -0.15) is 0 Å². The maximum absolute atomic E-state index is 11.9. The second-order valence-corrected chi connectivity index (χ2v) is 11.1. The van der Waals surface area contributed by atoms with Crippen molar-refractivity contribution in [1.82, 2.24) is 9.97 Å². The molecule has 5 N–H and O–H groups in total. The summed E-state index contributed by atoms with van der Waals surface area (Å²) in [5, 5.41) is 20.0. The molecule has 23 heteroatoms. The molecular weight excluding hydrogens is 554 g/mol. The third-order valence-corrected chi connectivity index (χ3v) is 7.92. The van der Waals surface area contributed by atoms with E-state index in [1.807, 2.05) is 4.98 Å². The van der Waals surface area contributed by atoms with Gasteiger partial charge in [0, 0.05) is 6.20 Å². The molecule has 1 aromatic heterocycles. The van der Waals surface area contributed by atoms with Crippen molar-refractivity contribution in [1.29, 1.82) is 0 Å². The first-order valence-electron chi connectivity index (χ1n) is 7.17. The molecule has 1 fully saturated rings. The summed E-state index contributed by atoms with van der Waals surface area (Å²) >= 11 is 4.23. The molecular formula is C9H12N2Na3O14P3S. The molecule has 0 bridgehead atoms. The van der Waals surface area contributed by atoms with Crippen LogP contribution >= 0.6 is 22.4 Å². The monoisotopic (exact) mass is 566 g/mol. The number of ether oxygens (including phenoxy) is 1. The van der Waals surface area contributed by atoms with E-state index in [2.05, 4.69) is 29.9 Å². The molecule has 16 nitrogen and oxygen atoms in total. The van der Waals surface area contributed by atoms with Crippen LogP contribution in [0.3, 0.4) is 0 Å². The Hall–Kier alpha value is 2.39. The van der Waals surface area contributed by atoms with Gasteiger partial charge in [0.25, 0.3) is 21.2 Å². The summed E-state index contributed by atoms with van der Waals surface area (Å²) in [7, 11) is -11.7. The van der Waals surface area contributed by atoms with Crippen LogP contribution in [0.1, 0.15) is 11.7 Å². The Balaban J connectivity index is 0. The predicted molar refractivity (Wildman–Crippen MR) is 87.1 cm³/mol. The number of hydrogen-bond donors (Lipinski definition) is 5. The van der Waals surface area contributed by atoms with Gasteiger partial charge in [-0.25, -0.2) is 9.11 Å². The van der Waals surface area contributed by atoms with Gasteiger partial charge >= 0.3 is 94.4 Å². The third-order valence-electron chi connectivity index (χ3n) is 3.32. The summed E-state index contributed by atoms with van der Waals surface area (Å²) in [6.45, 7) is -5.92. The Labute approximate surface area is 250 Å². The fourth-order valence-electron chi connectivity index (χ4n) is 2.23. The first-order chi connectivity index (χ1) is 13.1. The van der Waals surface area contributed by atoms with Crippen molar-refractivity contribution in [3.8, 4) is 0 Å². The largest absolute Gasteiger partial charge is 1.00 e. The topological polar surface area (TPSA) is 267 Å². The van der Waals surface area contributed by atoms with Gasteiger partial charge in [-0.3, -0.25) is 23.2 Å². The van der Waals surface area contributed by atoms with Gasteiger partial charge in [0.1, 0.15) is 31.1 Å². The van der Waals surface area contributed by atoms with E-state index >= 15 is 0 Å². The summed E-state index contributed by atoms with van der Waals surface area (Å²) in [6.07, 6.45) is -5.49. The Morgan fingerprint density at radius 3 is 2.16 bits per heavy atom. The number of aliphatic hydroxyl groups excluding tert-OH is 2. The molecule has 0 spiro atoms. The van der Waals surface area contributed by atoms with Crippen LogP contribution in [0.2, 0.25) is 0 Å². The smallest absolute Gasteiger partial charge is 0.779 e. The number of aromatic amines is 2. The molecule has 1 aliphatic rings. The molecule has 0 aromatic carbocycles. The standard InChI is InChI=1S/C9H15N2O14P3S.3Na/c12-5-4(2-22-28(21,29)25-27(19,20)24-26(16,17)18)23-7(6(5)13)3-1-10-9(15)11-8(3)14;;;/h1,4-7,12-13H,2H2,(H,19,20)(H,21,29)(H2,16,17,18)(H2,10,11,14,15);;;/q;3*+1/p-3/t4-,5-,6-,7+,28?;;;/m1.../s1. The number of H-pyrrole nitrogens is 2. The molecule has 3 unspecified atom stereocenters. The molecule has 0 amide bonds. The quantitative estimate of drug-likeness (QED) is 0.144. The predicted octanol–water partition coefficient (Wildman–Crippen LogP) is -13.2. The second kappa shape index (κ2) is 14.4. The van der Waals surface area contributed by atoms with Crippen molar-refractivity contribution in [3.63, 3.8) is 0 Å². The first-order valence-corrected chi connectivity index (χ1v) is 12.7. The molecule has 1 saturated heterocycles. The SMILES string of the molecule is O=c1[nH]cc([C@@H]2O[C@H](COP([O-])(=S)OP(=O)([O-])OP(=O)([O-])O)[C@@H](O)[C@H]2O)c(=O)[nH]1.[Na+].[Na+].[Na+]. The van der Waals surface area contributed by atoms with E-state index in [0.717, 1.165) is 6.20 Å². The number of aliphatic hydroxyl groups is 2. The summed E-state index contributed by atoms with van der Waals surface area (Å²) in [5.74, 6) is 0. The van der Waals surface area contributed by atoms with Crippen LogP contribution in [0, 0.1) is 0 Å². The maximum Gasteiger partial charge on any atom is 1.00 e. The molecule has 166 valence electrons. The molecule has 0 aliphatic carbocycles. The minimum atomic E-state index is -5.90. The molecule has 0 saturated carbocycles. The van der Waals surface area contributed by atoms with Crippen LogP contribution in [-0.2, 0) is 38.8 Å². The van der Waals surface area contributed by atoms with Crippen LogP contribution in [-0.4, -0.2) is 50.0 Å². The summed E-state index contributed by atoms with van der Waals surface area (Å²) in [4.78, 5) is 68.6. The maximum atomic E-state index is 11.9.